The normalized spacial score (nSPS) is 18.5. The maximum Gasteiger partial charge on any atom is 0.247 e. The Bertz CT molecular complexity index is 516. The van der Waals surface area contributed by atoms with Crippen molar-refractivity contribution in [1.29, 1.82) is 0 Å². The van der Waals surface area contributed by atoms with Gasteiger partial charge in [0.2, 0.25) is 11.8 Å². The van der Waals surface area contributed by atoms with Gasteiger partial charge >= 0.3 is 0 Å². The van der Waals surface area contributed by atoms with Crippen molar-refractivity contribution in [2.75, 3.05) is 26.3 Å². The first-order valence-electron chi connectivity index (χ1n) is 7.35. The molecule has 21 heavy (non-hydrogen) atoms. The van der Waals surface area contributed by atoms with Crippen LogP contribution in [0.5, 0.6) is 0 Å². The summed E-state index contributed by atoms with van der Waals surface area (Å²) in [5, 5.41) is 2.85. The van der Waals surface area contributed by atoms with Crippen LogP contribution in [0.25, 0.3) is 0 Å². The fraction of sp³-hybridized carbons (Fsp3) is 0.500. The molecule has 2 amide bonds. The van der Waals surface area contributed by atoms with Gasteiger partial charge in [-0.3, -0.25) is 9.59 Å². The summed E-state index contributed by atoms with van der Waals surface area (Å²) in [6.07, 6.45) is 0.309. The Morgan fingerprint density at radius 2 is 2.19 bits per heavy atom. The number of ether oxygens (including phenoxy) is 1. The zero-order valence-corrected chi connectivity index (χ0v) is 12.6. The first-order chi connectivity index (χ1) is 10.1. The Morgan fingerprint density at radius 3 is 2.90 bits per heavy atom. The third-order valence-electron chi connectivity index (χ3n) is 3.68. The number of carbonyl (C=O) groups excluding carboxylic acids is 2. The number of piperazine rings is 1. The molecule has 5 nitrogen and oxygen atoms in total. The van der Waals surface area contributed by atoms with E-state index in [1.807, 2.05) is 38.1 Å². The van der Waals surface area contributed by atoms with Crippen molar-refractivity contribution in [3.63, 3.8) is 0 Å². The molecular weight excluding hydrogens is 268 g/mol. The van der Waals surface area contributed by atoms with Crippen molar-refractivity contribution < 1.29 is 14.3 Å². The van der Waals surface area contributed by atoms with E-state index in [2.05, 4.69) is 5.32 Å². The van der Waals surface area contributed by atoms with Crippen molar-refractivity contribution in [2.45, 2.75) is 26.3 Å². The van der Waals surface area contributed by atoms with Crippen molar-refractivity contribution in [1.82, 2.24) is 10.2 Å². The molecule has 0 aliphatic carbocycles. The van der Waals surface area contributed by atoms with Gasteiger partial charge in [-0.25, -0.2) is 0 Å². The van der Waals surface area contributed by atoms with Crippen LogP contribution >= 0.6 is 0 Å². The average Bonchev–Trinajstić information content (AvgIpc) is 2.48. The molecule has 1 saturated heterocycles. The summed E-state index contributed by atoms with van der Waals surface area (Å²) in [6, 6.07) is 7.16. The first kappa shape index (κ1) is 15.5. The summed E-state index contributed by atoms with van der Waals surface area (Å²) in [5.74, 6) is -0.146. The zero-order valence-electron chi connectivity index (χ0n) is 12.6. The highest BCUT2D eigenvalue weighted by Crippen LogP contribution is 2.26. The van der Waals surface area contributed by atoms with Gasteiger partial charge in [0.15, 0.2) is 0 Å². The number of benzene rings is 1. The van der Waals surface area contributed by atoms with E-state index in [0.717, 1.165) is 11.1 Å². The predicted molar refractivity (Wildman–Crippen MR) is 79.8 cm³/mol. The Morgan fingerprint density at radius 1 is 1.43 bits per heavy atom. The highest BCUT2D eigenvalue weighted by atomic mass is 16.5. The molecule has 114 valence electrons. The number of rotatable bonds is 5. The zero-order chi connectivity index (χ0) is 15.2. The molecule has 1 aromatic carbocycles. The molecule has 1 aliphatic rings. The van der Waals surface area contributed by atoms with Gasteiger partial charge in [-0.1, -0.05) is 24.3 Å². The fourth-order valence-corrected chi connectivity index (χ4v) is 2.59. The van der Waals surface area contributed by atoms with E-state index in [9.17, 15) is 9.59 Å². The van der Waals surface area contributed by atoms with Crippen LogP contribution in [-0.2, 0) is 14.3 Å². The van der Waals surface area contributed by atoms with Crippen LogP contribution < -0.4 is 5.32 Å². The number of carbonyl (C=O) groups is 2. The van der Waals surface area contributed by atoms with Crippen molar-refractivity contribution in [3.8, 4) is 0 Å². The number of nitrogens with zero attached hydrogens (tertiary/aromatic N) is 1. The second kappa shape index (κ2) is 7.22. The summed E-state index contributed by atoms with van der Waals surface area (Å²) < 4.78 is 5.24. The van der Waals surface area contributed by atoms with Crippen LogP contribution in [0.1, 0.15) is 30.5 Å². The third kappa shape index (κ3) is 3.61. The Labute approximate surface area is 125 Å². The molecule has 5 heteroatoms. The highest BCUT2D eigenvalue weighted by Gasteiger charge is 2.34. The van der Waals surface area contributed by atoms with Crippen LogP contribution in [0.2, 0.25) is 0 Å². The molecule has 0 aromatic heterocycles. The molecule has 1 fully saturated rings. The lowest BCUT2D eigenvalue weighted by Crippen LogP contribution is -2.52. The van der Waals surface area contributed by atoms with Crippen LogP contribution in [0.15, 0.2) is 24.3 Å². The molecule has 1 aliphatic heterocycles. The van der Waals surface area contributed by atoms with Gasteiger partial charge in [0.05, 0.1) is 13.0 Å². The molecule has 1 N–H and O–H groups in total. The van der Waals surface area contributed by atoms with E-state index < -0.39 is 6.04 Å². The molecule has 2 rings (SSSR count). The topological polar surface area (TPSA) is 58.6 Å². The molecule has 1 aromatic rings. The Kier molecular flexibility index (Phi) is 5.33. The molecule has 1 heterocycles. The number of nitrogens with one attached hydrogen (secondary N) is 1. The minimum absolute atomic E-state index is 0.0356. The largest absolute Gasteiger partial charge is 0.381 e. The van der Waals surface area contributed by atoms with Gasteiger partial charge in [-0.15, -0.1) is 0 Å². The van der Waals surface area contributed by atoms with Crippen molar-refractivity contribution in [2.24, 2.45) is 0 Å². The fourth-order valence-electron chi connectivity index (χ4n) is 2.59. The lowest BCUT2D eigenvalue weighted by molar-refractivity contribution is -0.144. The quantitative estimate of drug-likeness (QED) is 0.834. The van der Waals surface area contributed by atoms with Crippen molar-refractivity contribution >= 4 is 11.8 Å². The minimum atomic E-state index is -0.533. The summed E-state index contributed by atoms with van der Waals surface area (Å²) >= 11 is 0. The second-order valence-corrected chi connectivity index (χ2v) is 5.08. The summed E-state index contributed by atoms with van der Waals surface area (Å²) in [5.41, 5.74) is 1.90. The molecule has 0 spiro atoms. The highest BCUT2D eigenvalue weighted by molar-refractivity contribution is 5.90. The number of hydrogen-bond donors (Lipinski definition) is 1. The predicted octanol–water partition coefficient (Wildman–Crippen LogP) is 1.42. The molecular formula is C16H22N2O3. The third-order valence-corrected chi connectivity index (χ3v) is 3.68. The molecule has 1 atom stereocenters. The molecule has 0 bridgehead atoms. The molecule has 0 radical (unpaired) electrons. The van der Waals surface area contributed by atoms with E-state index in [1.54, 1.807) is 4.90 Å². The second-order valence-electron chi connectivity index (χ2n) is 5.08. The smallest absolute Gasteiger partial charge is 0.247 e. The lowest BCUT2D eigenvalue weighted by atomic mass is 9.97. The maximum absolute atomic E-state index is 12.4. The molecule has 0 unspecified atom stereocenters. The molecule has 0 saturated carbocycles. The van der Waals surface area contributed by atoms with Gasteiger partial charge in [0.1, 0.15) is 6.04 Å². The minimum Gasteiger partial charge on any atom is -0.381 e. The van der Waals surface area contributed by atoms with Crippen molar-refractivity contribution in [3.05, 3.63) is 35.4 Å². The van der Waals surface area contributed by atoms with Gasteiger partial charge in [0, 0.05) is 19.7 Å². The van der Waals surface area contributed by atoms with Crippen LogP contribution in [0.4, 0.5) is 0 Å². The van der Waals surface area contributed by atoms with E-state index in [-0.39, 0.29) is 11.8 Å². The average molecular weight is 290 g/mol. The number of hydrogen-bond acceptors (Lipinski definition) is 3. The van der Waals surface area contributed by atoms with E-state index in [4.69, 9.17) is 4.74 Å². The van der Waals surface area contributed by atoms with Crippen LogP contribution in [0.3, 0.4) is 0 Å². The standard InChI is InChI=1S/C16H22N2O3/c1-3-21-11-8-14(19)18-10-9-17-16(20)15(18)13-7-5-4-6-12(13)2/h4-7,15H,3,8-11H2,1-2H3,(H,17,20)/t15-/m0/s1. The SMILES string of the molecule is CCOCCC(=O)N1CCNC(=O)[C@@H]1c1ccccc1C. The number of amides is 2. The van der Waals surface area contributed by atoms with Gasteiger partial charge in [0.25, 0.3) is 0 Å². The van der Waals surface area contributed by atoms with E-state index >= 15 is 0 Å². The Hall–Kier alpha value is -1.88. The van der Waals surface area contributed by atoms with Crippen LogP contribution in [0, 0.1) is 6.92 Å². The van der Waals surface area contributed by atoms with Gasteiger partial charge in [-0.2, -0.15) is 0 Å². The number of aryl methyl sites for hydroxylation is 1. The van der Waals surface area contributed by atoms with Gasteiger partial charge in [-0.05, 0) is 25.0 Å². The first-order valence-corrected chi connectivity index (χ1v) is 7.35. The maximum atomic E-state index is 12.4. The van der Waals surface area contributed by atoms with Gasteiger partial charge < -0.3 is 15.0 Å². The summed E-state index contributed by atoms with van der Waals surface area (Å²) in [7, 11) is 0. The lowest BCUT2D eigenvalue weighted by Gasteiger charge is -2.36. The summed E-state index contributed by atoms with van der Waals surface area (Å²) in [6.45, 7) is 5.88. The van der Waals surface area contributed by atoms with E-state index in [1.165, 1.54) is 0 Å². The Balaban J connectivity index is 2.19. The van der Waals surface area contributed by atoms with Crippen LogP contribution in [-0.4, -0.2) is 43.0 Å². The summed E-state index contributed by atoms with van der Waals surface area (Å²) in [4.78, 5) is 26.3. The van der Waals surface area contributed by atoms with E-state index in [0.29, 0.717) is 32.7 Å². The monoisotopic (exact) mass is 290 g/mol.